The molecule has 170 valence electrons. The number of carbonyl (C=O) groups excluding carboxylic acids is 1. The number of piperidine rings is 1. The number of amides is 1. The van der Waals surface area contributed by atoms with Crippen LogP contribution >= 0.6 is 0 Å². The molecule has 1 N–H and O–H groups in total. The number of nitrogens with one attached hydrogen (secondary N) is 1. The number of carbonyl (C=O) groups is 1. The lowest BCUT2D eigenvalue weighted by Crippen LogP contribution is -2.43. The first-order chi connectivity index (χ1) is 14.9. The van der Waals surface area contributed by atoms with Crippen LogP contribution in [0.5, 0.6) is 0 Å². The molecular weight excluding hydrogens is 416 g/mol. The van der Waals surface area contributed by atoms with Crippen molar-refractivity contribution in [1.82, 2.24) is 19.2 Å². The van der Waals surface area contributed by atoms with Gasteiger partial charge in [-0.1, -0.05) is 12.8 Å². The molecule has 1 saturated heterocycles. The van der Waals surface area contributed by atoms with Gasteiger partial charge in [0.2, 0.25) is 15.9 Å². The highest BCUT2D eigenvalue weighted by atomic mass is 32.2. The van der Waals surface area contributed by atoms with Crippen molar-refractivity contribution < 1.29 is 13.2 Å². The van der Waals surface area contributed by atoms with Crippen LogP contribution in [-0.2, 0) is 27.8 Å². The van der Waals surface area contributed by atoms with E-state index in [-0.39, 0.29) is 35.7 Å². The third-order valence-corrected chi connectivity index (χ3v) is 9.69. The molecule has 0 aromatic carbocycles. The second-order valence-corrected chi connectivity index (χ2v) is 11.8. The molecular formula is C22H32N4O4S. The van der Waals surface area contributed by atoms with Crippen molar-refractivity contribution in [2.45, 2.75) is 70.9 Å². The number of aromatic amines is 1. The number of hydrogen-bond acceptors (Lipinski definition) is 5. The van der Waals surface area contributed by atoms with Crippen LogP contribution in [0.1, 0.15) is 75.0 Å². The molecule has 1 amide bonds. The number of aromatic nitrogens is 2. The summed E-state index contributed by atoms with van der Waals surface area (Å²) in [5.74, 6) is 2.04. The van der Waals surface area contributed by atoms with E-state index >= 15 is 0 Å². The maximum atomic E-state index is 13.4. The Hall–Kier alpha value is -1.74. The van der Waals surface area contributed by atoms with Gasteiger partial charge in [-0.25, -0.2) is 13.4 Å². The van der Waals surface area contributed by atoms with Gasteiger partial charge in [-0.15, -0.1) is 0 Å². The van der Waals surface area contributed by atoms with Crippen molar-refractivity contribution in [3.8, 4) is 0 Å². The summed E-state index contributed by atoms with van der Waals surface area (Å²) in [6, 6.07) is -0.222. The van der Waals surface area contributed by atoms with Crippen LogP contribution in [0.15, 0.2) is 4.79 Å². The van der Waals surface area contributed by atoms with Gasteiger partial charge in [0.15, 0.2) is 0 Å². The van der Waals surface area contributed by atoms with E-state index < -0.39 is 10.0 Å². The zero-order valence-corrected chi connectivity index (χ0v) is 19.0. The van der Waals surface area contributed by atoms with Gasteiger partial charge >= 0.3 is 0 Å². The molecule has 3 heterocycles. The van der Waals surface area contributed by atoms with Gasteiger partial charge in [0, 0.05) is 24.6 Å². The maximum Gasteiger partial charge on any atom is 0.254 e. The fourth-order valence-corrected chi connectivity index (χ4v) is 7.10. The Labute approximate surface area is 183 Å². The molecule has 3 atom stereocenters. The van der Waals surface area contributed by atoms with E-state index in [4.69, 9.17) is 4.98 Å². The van der Waals surface area contributed by atoms with Gasteiger partial charge < -0.3 is 9.88 Å². The van der Waals surface area contributed by atoms with Crippen LogP contribution in [0.4, 0.5) is 0 Å². The van der Waals surface area contributed by atoms with Gasteiger partial charge in [-0.3, -0.25) is 9.59 Å². The fraction of sp³-hybridized carbons (Fsp3) is 0.773. The van der Waals surface area contributed by atoms with Crippen LogP contribution in [0, 0.1) is 17.8 Å². The summed E-state index contributed by atoms with van der Waals surface area (Å²) in [5.41, 5.74) is 0.930. The number of nitrogens with zero attached hydrogens (tertiary/aromatic N) is 3. The fourth-order valence-electron chi connectivity index (χ4n) is 6.04. The van der Waals surface area contributed by atoms with Gasteiger partial charge in [0.05, 0.1) is 24.0 Å². The topological polar surface area (TPSA) is 103 Å². The molecule has 2 saturated carbocycles. The smallest absolute Gasteiger partial charge is 0.254 e. The van der Waals surface area contributed by atoms with Crippen molar-refractivity contribution in [3.05, 3.63) is 27.4 Å². The molecule has 0 spiro atoms. The average Bonchev–Trinajstić information content (AvgIpc) is 3.52. The van der Waals surface area contributed by atoms with Gasteiger partial charge in [-0.2, -0.15) is 4.31 Å². The van der Waals surface area contributed by atoms with Gasteiger partial charge in [-0.05, 0) is 57.3 Å². The maximum absolute atomic E-state index is 13.4. The number of fused-ring (bicyclic) bond motifs is 2. The lowest BCUT2D eigenvalue weighted by Gasteiger charge is -2.36. The number of rotatable bonds is 4. The van der Waals surface area contributed by atoms with E-state index in [1.165, 1.54) is 17.1 Å². The molecule has 9 heteroatoms. The second kappa shape index (κ2) is 7.99. The van der Waals surface area contributed by atoms with E-state index in [1.54, 1.807) is 6.92 Å². The molecule has 0 bridgehead atoms. The lowest BCUT2D eigenvalue weighted by molar-refractivity contribution is -0.137. The quantitative estimate of drug-likeness (QED) is 0.758. The summed E-state index contributed by atoms with van der Waals surface area (Å²) in [6.07, 6.45) is 7.90. The third kappa shape index (κ3) is 3.73. The molecule has 1 aromatic heterocycles. The second-order valence-electron chi connectivity index (χ2n) is 9.54. The van der Waals surface area contributed by atoms with Crippen LogP contribution in [0.25, 0.3) is 0 Å². The lowest BCUT2D eigenvalue weighted by atomic mass is 9.99. The van der Waals surface area contributed by atoms with E-state index in [0.29, 0.717) is 48.4 Å². The van der Waals surface area contributed by atoms with Crippen LogP contribution in [0.3, 0.4) is 0 Å². The molecule has 3 fully saturated rings. The molecule has 2 aliphatic heterocycles. The van der Waals surface area contributed by atoms with Crippen molar-refractivity contribution in [1.29, 1.82) is 0 Å². The van der Waals surface area contributed by atoms with Crippen molar-refractivity contribution >= 4 is 15.9 Å². The van der Waals surface area contributed by atoms with Crippen molar-refractivity contribution in [2.75, 3.05) is 18.8 Å². The highest BCUT2D eigenvalue weighted by Gasteiger charge is 2.56. The van der Waals surface area contributed by atoms with E-state index in [2.05, 4.69) is 4.98 Å². The number of sulfonamides is 1. The van der Waals surface area contributed by atoms with Crippen molar-refractivity contribution in [3.63, 3.8) is 0 Å². The van der Waals surface area contributed by atoms with E-state index in [9.17, 15) is 18.0 Å². The first kappa shape index (κ1) is 21.1. The Bertz CT molecular complexity index is 1020. The summed E-state index contributed by atoms with van der Waals surface area (Å²) in [6.45, 7) is 2.78. The Morgan fingerprint density at radius 3 is 2.52 bits per heavy atom. The minimum Gasteiger partial charge on any atom is -0.332 e. The summed E-state index contributed by atoms with van der Waals surface area (Å²) in [7, 11) is -3.34. The highest BCUT2D eigenvalue weighted by molar-refractivity contribution is 7.89. The predicted octanol–water partition coefficient (Wildman–Crippen LogP) is 1.97. The first-order valence-corrected chi connectivity index (χ1v) is 13.4. The normalized spacial score (nSPS) is 31.1. The molecule has 31 heavy (non-hydrogen) atoms. The molecule has 0 radical (unpaired) electrons. The molecule has 0 unspecified atom stereocenters. The molecule has 5 rings (SSSR count). The highest BCUT2D eigenvalue weighted by Crippen LogP contribution is 2.56. The molecule has 2 aliphatic carbocycles. The minimum absolute atomic E-state index is 0.0347. The number of H-pyrrole nitrogens is 1. The summed E-state index contributed by atoms with van der Waals surface area (Å²) >= 11 is 0. The van der Waals surface area contributed by atoms with Crippen LogP contribution in [-0.4, -0.2) is 52.3 Å². The zero-order chi connectivity index (χ0) is 21.8. The number of hydrogen-bond donors (Lipinski definition) is 1. The molecule has 1 aromatic rings. The van der Waals surface area contributed by atoms with Crippen molar-refractivity contribution in [2.24, 2.45) is 17.8 Å². The summed E-state index contributed by atoms with van der Waals surface area (Å²) < 4.78 is 26.1. The molecule has 4 aliphatic rings. The zero-order valence-electron chi connectivity index (χ0n) is 18.2. The van der Waals surface area contributed by atoms with Gasteiger partial charge in [0.25, 0.3) is 5.56 Å². The molecule has 8 nitrogen and oxygen atoms in total. The minimum atomic E-state index is -3.34. The summed E-state index contributed by atoms with van der Waals surface area (Å²) in [5, 5.41) is 0. The predicted molar refractivity (Wildman–Crippen MR) is 116 cm³/mol. The van der Waals surface area contributed by atoms with Crippen LogP contribution < -0.4 is 5.56 Å². The standard InChI is InChI=1S/C22H32N4O4S/c1-2-31(29,30)25-12-10-16-17(13-25)23-20(24-21(16)27)18-9-5-6-11-26(18)22(28)19-14-7-3-4-8-15(14)19/h14-15,18-19H,2-13H2,1H3,(H,23,24,27)/t14-,15-,18+/m1/s1. The van der Waals surface area contributed by atoms with Gasteiger partial charge in [0.1, 0.15) is 5.82 Å². The monoisotopic (exact) mass is 448 g/mol. The SMILES string of the molecule is CCS(=O)(=O)N1CCc2c(nc([C@@H]3CCCCN3C(=O)C3[C@@H]4CCCC[C@@H]34)[nH]c2=O)C1. The Balaban J connectivity index is 1.42. The largest absolute Gasteiger partial charge is 0.332 e. The number of likely N-dealkylation sites (tertiary alicyclic amines) is 1. The third-order valence-electron chi connectivity index (χ3n) is 7.86. The Morgan fingerprint density at radius 2 is 1.81 bits per heavy atom. The summed E-state index contributed by atoms with van der Waals surface area (Å²) in [4.78, 5) is 35.9. The Morgan fingerprint density at radius 1 is 1.10 bits per heavy atom. The first-order valence-electron chi connectivity index (χ1n) is 11.8. The van der Waals surface area contributed by atoms with Crippen LogP contribution in [0.2, 0.25) is 0 Å². The van der Waals surface area contributed by atoms with E-state index in [0.717, 1.165) is 32.1 Å². The Kier molecular flexibility index (Phi) is 5.45. The average molecular weight is 449 g/mol. The van der Waals surface area contributed by atoms with E-state index in [1.807, 2.05) is 4.90 Å².